The molecule has 4 heterocycles. The molecular weight excluding hydrogens is 460 g/mol. The number of aromatic nitrogens is 3. The minimum absolute atomic E-state index is 0.00486. The Kier molecular flexibility index (Phi) is 5.71. The Balaban J connectivity index is 1.07. The molecule has 2 aliphatic heterocycles. The molecule has 2 saturated heterocycles. The molecule has 2 aliphatic rings. The quantitative estimate of drug-likeness (QED) is 0.468. The fourth-order valence-electron chi connectivity index (χ4n) is 4.83. The molecule has 0 aliphatic carbocycles. The number of benzene rings is 2. The molecule has 0 spiro atoms. The van der Waals surface area contributed by atoms with E-state index in [-0.39, 0.29) is 23.9 Å². The molecular formula is C26H24N6O2S. The van der Waals surface area contributed by atoms with Crippen molar-refractivity contribution < 1.29 is 9.59 Å². The van der Waals surface area contributed by atoms with E-state index in [1.807, 2.05) is 63.7 Å². The smallest absolute Gasteiger partial charge is 0.282 e. The number of hydrogen-bond donors (Lipinski definition) is 1. The molecule has 1 unspecified atom stereocenters. The van der Waals surface area contributed by atoms with Gasteiger partial charge in [-0.15, -0.1) is 11.3 Å². The van der Waals surface area contributed by atoms with Crippen LogP contribution in [-0.4, -0.2) is 74.8 Å². The lowest BCUT2D eigenvalue weighted by atomic mass is 10.0. The van der Waals surface area contributed by atoms with E-state index in [9.17, 15) is 9.59 Å². The molecule has 2 aromatic carbocycles. The van der Waals surface area contributed by atoms with Crippen LogP contribution >= 0.6 is 11.3 Å². The summed E-state index contributed by atoms with van der Waals surface area (Å²) in [5.74, 6) is 0.0158. The maximum atomic E-state index is 13.1. The Morgan fingerprint density at radius 2 is 1.74 bits per heavy atom. The topological polar surface area (TPSA) is 91.3 Å². The van der Waals surface area contributed by atoms with E-state index in [4.69, 9.17) is 0 Å². The van der Waals surface area contributed by atoms with Gasteiger partial charge < -0.3 is 15.1 Å². The van der Waals surface area contributed by atoms with E-state index in [0.29, 0.717) is 30.2 Å². The van der Waals surface area contributed by atoms with Crippen LogP contribution < -0.4 is 5.32 Å². The third-order valence-corrected chi connectivity index (χ3v) is 7.42. The monoisotopic (exact) mass is 484 g/mol. The third-order valence-electron chi connectivity index (χ3n) is 6.66. The Bertz CT molecular complexity index is 1370. The number of likely N-dealkylation sites (tertiary alicyclic amines) is 2. The maximum Gasteiger partial charge on any atom is 0.282 e. The van der Waals surface area contributed by atoms with Crippen molar-refractivity contribution in [3.05, 3.63) is 77.0 Å². The average molecular weight is 485 g/mol. The summed E-state index contributed by atoms with van der Waals surface area (Å²) >= 11 is 1.38. The second-order valence-electron chi connectivity index (χ2n) is 8.97. The highest BCUT2D eigenvalue weighted by Crippen LogP contribution is 2.27. The number of nitrogens with zero attached hydrogens (tertiary/aromatic N) is 5. The van der Waals surface area contributed by atoms with Gasteiger partial charge in [-0.2, -0.15) is 0 Å². The number of hydrogen-bond acceptors (Lipinski definition) is 7. The minimum Gasteiger partial charge on any atom is -0.335 e. The Labute approximate surface area is 206 Å². The predicted octanol–water partition coefficient (Wildman–Crippen LogP) is 3.08. The van der Waals surface area contributed by atoms with Crippen molar-refractivity contribution >= 4 is 34.1 Å². The molecule has 1 atom stereocenters. The van der Waals surface area contributed by atoms with E-state index in [1.165, 1.54) is 11.3 Å². The zero-order valence-corrected chi connectivity index (χ0v) is 19.8. The standard InChI is InChI=1S/C26H24N6O2S/c33-25(18-6-7-21-22(12-18)28-16-29-23(21)17-4-2-1-3-5-17)32-14-20(15-32)30-19-8-10-31(13-19)26(34)24-27-9-11-35-24/h1-7,9,11-12,16,19-20,30H,8,10,13-15H2. The van der Waals surface area contributed by atoms with E-state index < -0.39 is 0 Å². The van der Waals surface area contributed by atoms with Crippen LogP contribution in [0.15, 0.2) is 66.4 Å². The molecule has 2 aromatic heterocycles. The molecule has 176 valence electrons. The van der Waals surface area contributed by atoms with Crippen molar-refractivity contribution in [1.82, 2.24) is 30.1 Å². The fourth-order valence-corrected chi connectivity index (χ4v) is 5.43. The summed E-state index contributed by atoms with van der Waals surface area (Å²) in [5.41, 5.74) is 3.28. The SMILES string of the molecule is O=C(c1ccc2c(-c3ccccc3)ncnc2c1)N1CC(NC2CCN(C(=O)c3nccs3)C2)C1. The summed E-state index contributed by atoms with van der Waals surface area (Å²) in [7, 11) is 0. The van der Waals surface area contributed by atoms with E-state index >= 15 is 0 Å². The van der Waals surface area contributed by atoms with Crippen LogP contribution in [0.3, 0.4) is 0 Å². The second kappa shape index (κ2) is 9.16. The lowest BCUT2D eigenvalue weighted by Crippen LogP contribution is -2.62. The maximum absolute atomic E-state index is 13.1. The minimum atomic E-state index is 0.00486. The first-order valence-corrected chi connectivity index (χ1v) is 12.6. The van der Waals surface area contributed by atoms with Gasteiger partial charge in [0.2, 0.25) is 0 Å². The van der Waals surface area contributed by atoms with Crippen molar-refractivity contribution in [1.29, 1.82) is 0 Å². The molecule has 9 heteroatoms. The van der Waals surface area contributed by atoms with Gasteiger partial charge in [-0.3, -0.25) is 9.59 Å². The number of carbonyl (C=O) groups is 2. The van der Waals surface area contributed by atoms with Crippen molar-refractivity contribution in [3.63, 3.8) is 0 Å². The number of carbonyl (C=O) groups excluding carboxylic acids is 2. The molecule has 0 bridgehead atoms. The Hall–Kier alpha value is -3.69. The molecule has 0 saturated carbocycles. The van der Waals surface area contributed by atoms with Gasteiger partial charge in [-0.25, -0.2) is 15.0 Å². The molecule has 35 heavy (non-hydrogen) atoms. The van der Waals surface area contributed by atoms with Crippen LogP contribution in [0.5, 0.6) is 0 Å². The van der Waals surface area contributed by atoms with Crippen LogP contribution in [-0.2, 0) is 0 Å². The van der Waals surface area contributed by atoms with Gasteiger partial charge in [0.1, 0.15) is 6.33 Å². The zero-order valence-electron chi connectivity index (χ0n) is 19.0. The number of amides is 2. The van der Waals surface area contributed by atoms with Gasteiger partial charge in [0.15, 0.2) is 5.01 Å². The average Bonchev–Trinajstić information content (AvgIpc) is 3.58. The number of thiazole rings is 1. The van der Waals surface area contributed by atoms with Crippen LogP contribution in [0.1, 0.15) is 26.6 Å². The predicted molar refractivity (Wildman–Crippen MR) is 134 cm³/mol. The normalized spacial score (nSPS) is 18.1. The van der Waals surface area contributed by atoms with Gasteiger partial charge in [0.25, 0.3) is 11.8 Å². The molecule has 2 fully saturated rings. The summed E-state index contributed by atoms with van der Waals surface area (Å²) in [6.07, 6.45) is 4.12. The summed E-state index contributed by atoms with van der Waals surface area (Å²) in [6, 6.07) is 16.1. The van der Waals surface area contributed by atoms with E-state index in [0.717, 1.165) is 35.1 Å². The highest BCUT2D eigenvalue weighted by Gasteiger charge is 2.35. The summed E-state index contributed by atoms with van der Waals surface area (Å²) < 4.78 is 0. The van der Waals surface area contributed by atoms with E-state index in [1.54, 1.807) is 12.5 Å². The van der Waals surface area contributed by atoms with Crippen LogP contribution in [0.25, 0.3) is 22.2 Å². The Morgan fingerprint density at radius 3 is 2.54 bits per heavy atom. The molecule has 8 nitrogen and oxygen atoms in total. The number of fused-ring (bicyclic) bond motifs is 1. The van der Waals surface area contributed by atoms with E-state index in [2.05, 4.69) is 20.3 Å². The summed E-state index contributed by atoms with van der Waals surface area (Å²) in [5, 5.41) is 6.91. The zero-order chi connectivity index (χ0) is 23.8. The van der Waals surface area contributed by atoms with Crippen LogP contribution in [0, 0.1) is 0 Å². The van der Waals surface area contributed by atoms with Crippen LogP contribution in [0.4, 0.5) is 0 Å². The lowest BCUT2D eigenvalue weighted by molar-refractivity contribution is 0.0553. The van der Waals surface area contributed by atoms with Crippen LogP contribution in [0.2, 0.25) is 0 Å². The van der Waals surface area contributed by atoms with Crippen molar-refractivity contribution in [3.8, 4) is 11.3 Å². The second-order valence-corrected chi connectivity index (χ2v) is 9.86. The Morgan fingerprint density at radius 1 is 0.914 bits per heavy atom. The van der Waals surface area contributed by atoms with Gasteiger partial charge in [0.05, 0.1) is 11.2 Å². The highest BCUT2D eigenvalue weighted by atomic mass is 32.1. The first kappa shape index (κ1) is 21.8. The van der Waals surface area contributed by atoms with Crippen molar-refractivity contribution in [2.24, 2.45) is 0 Å². The summed E-state index contributed by atoms with van der Waals surface area (Å²) in [4.78, 5) is 42.3. The molecule has 4 aromatic rings. The molecule has 1 N–H and O–H groups in total. The van der Waals surface area contributed by atoms with Crippen molar-refractivity contribution in [2.75, 3.05) is 26.2 Å². The molecule has 6 rings (SSSR count). The molecule has 2 amide bonds. The van der Waals surface area contributed by atoms with Gasteiger partial charge in [-0.05, 0) is 24.6 Å². The highest BCUT2D eigenvalue weighted by molar-refractivity contribution is 7.11. The van der Waals surface area contributed by atoms with Crippen molar-refractivity contribution in [2.45, 2.75) is 18.5 Å². The van der Waals surface area contributed by atoms with Gasteiger partial charge in [-0.1, -0.05) is 30.3 Å². The first-order chi connectivity index (χ1) is 17.2. The fraction of sp³-hybridized carbons (Fsp3) is 0.269. The largest absolute Gasteiger partial charge is 0.335 e. The molecule has 0 radical (unpaired) electrons. The summed E-state index contributed by atoms with van der Waals surface area (Å²) in [6.45, 7) is 2.73. The van der Waals surface area contributed by atoms with Gasteiger partial charge in [0, 0.05) is 66.4 Å². The number of nitrogens with one attached hydrogen (secondary N) is 1. The third kappa shape index (κ3) is 4.28. The first-order valence-electron chi connectivity index (χ1n) is 11.7. The number of rotatable bonds is 5. The van der Waals surface area contributed by atoms with Gasteiger partial charge >= 0.3 is 0 Å². The lowest BCUT2D eigenvalue weighted by Gasteiger charge is -2.41.